The van der Waals surface area contributed by atoms with Crippen molar-refractivity contribution in [3.63, 3.8) is 0 Å². The standard InChI is InChI=1S/C16H22N2O3/c1-11-6-2-4-8-13(11)17-16(21)18-14-9-5-3-7-12(14)10-15(19)20/h3,5,7,9,11,13H,2,4,6,8,10H2,1H3,(H,19,20)(H2,17,18,21). The van der Waals surface area contributed by atoms with E-state index in [0.717, 1.165) is 19.3 Å². The van der Waals surface area contributed by atoms with Gasteiger partial charge < -0.3 is 15.7 Å². The van der Waals surface area contributed by atoms with Gasteiger partial charge in [-0.2, -0.15) is 0 Å². The molecule has 5 nitrogen and oxygen atoms in total. The van der Waals surface area contributed by atoms with Crippen LogP contribution in [-0.4, -0.2) is 23.1 Å². The third-order valence-electron chi connectivity index (χ3n) is 4.04. The zero-order valence-corrected chi connectivity index (χ0v) is 12.3. The second-order valence-electron chi connectivity index (χ2n) is 5.69. The molecular formula is C16H22N2O3. The van der Waals surface area contributed by atoms with Gasteiger partial charge in [-0.15, -0.1) is 0 Å². The Kier molecular flexibility index (Phi) is 5.20. The lowest BCUT2D eigenvalue weighted by molar-refractivity contribution is -0.136. The van der Waals surface area contributed by atoms with Crippen LogP contribution in [0.3, 0.4) is 0 Å². The van der Waals surface area contributed by atoms with Crippen LogP contribution in [0.25, 0.3) is 0 Å². The predicted octanol–water partition coefficient (Wildman–Crippen LogP) is 3.01. The van der Waals surface area contributed by atoms with Gasteiger partial charge in [0.25, 0.3) is 0 Å². The summed E-state index contributed by atoms with van der Waals surface area (Å²) in [6.45, 7) is 2.16. The van der Waals surface area contributed by atoms with E-state index in [9.17, 15) is 9.59 Å². The number of anilines is 1. The minimum absolute atomic E-state index is 0.101. The fourth-order valence-corrected chi connectivity index (χ4v) is 2.82. The molecule has 1 aromatic rings. The number of hydrogen-bond donors (Lipinski definition) is 3. The highest BCUT2D eigenvalue weighted by atomic mass is 16.4. The number of hydrogen-bond acceptors (Lipinski definition) is 2. The normalized spacial score (nSPS) is 21.6. The van der Waals surface area contributed by atoms with Gasteiger partial charge >= 0.3 is 12.0 Å². The van der Waals surface area contributed by atoms with E-state index in [2.05, 4.69) is 17.6 Å². The summed E-state index contributed by atoms with van der Waals surface area (Å²) in [5, 5.41) is 14.7. The van der Waals surface area contributed by atoms with E-state index in [1.807, 2.05) is 0 Å². The maximum Gasteiger partial charge on any atom is 0.319 e. The first-order chi connectivity index (χ1) is 10.1. The van der Waals surface area contributed by atoms with Crippen molar-refractivity contribution in [3.8, 4) is 0 Å². The molecule has 114 valence electrons. The topological polar surface area (TPSA) is 78.4 Å². The molecule has 2 atom stereocenters. The van der Waals surface area contributed by atoms with Crippen LogP contribution in [0.2, 0.25) is 0 Å². The SMILES string of the molecule is CC1CCCCC1NC(=O)Nc1ccccc1CC(=O)O. The Bertz CT molecular complexity index is 516. The molecule has 1 saturated carbocycles. The summed E-state index contributed by atoms with van der Waals surface area (Å²) in [5.41, 5.74) is 1.16. The van der Waals surface area contributed by atoms with Gasteiger partial charge in [0.1, 0.15) is 0 Å². The van der Waals surface area contributed by atoms with Crippen LogP contribution >= 0.6 is 0 Å². The highest BCUT2D eigenvalue weighted by Gasteiger charge is 2.23. The first-order valence-corrected chi connectivity index (χ1v) is 7.43. The third-order valence-corrected chi connectivity index (χ3v) is 4.04. The Hall–Kier alpha value is -2.04. The van der Waals surface area contributed by atoms with Crippen molar-refractivity contribution in [2.75, 3.05) is 5.32 Å². The first-order valence-electron chi connectivity index (χ1n) is 7.43. The molecule has 0 radical (unpaired) electrons. The zero-order chi connectivity index (χ0) is 15.2. The monoisotopic (exact) mass is 290 g/mol. The molecule has 0 saturated heterocycles. The molecule has 1 aromatic carbocycles. The quantitative estimate of drug-likeness (QED) is 0.797. The lowest BCUT2D eigenvalue weighted by atomic mass is 9.86. The number of benzene rings is 1. The van der Waals surface area contributed by atoms with Crippen LogP contribution in [-0.2, 0) is 11.2 Å². The van der Waals surface area contributed by atoms with E-state index in [1.54, 1.807) is 24.3 Å². The molecule has 2 rings (SSSR count). The van der Waals surface area contributed by atoms with Crippen molar-refractivity contribution in [2.24, 2.45) is 5.92 Å². The molecule has 0 aromatic heterocycles. The van der Waals surface area contributed by atoms with Gasteiger partial charge in [0, 0.05) is 11.7 Å². The molecule has 0 aliphatic heterocycles. The molecule has 1 fully saturated rings. The number of carboxylic acid groups (broad SMARTS) is 1. The van der Waals surface area contributed by atoms with Crippen molar-refractivity contribution in [3.05, 3.63) is 29.8 Å². The van der Waals surface area contributed by atoms with Crippen LogP contribution in [0.1, 0.15) is 38.2 Å². The van der Waals surface area contributed by atoms with Crippen molar-refractivity contribution in [2.45, 2.75) is 45.1 Å². The number of aliphatic carboxylic acids is 1. The van der Waals surface area contributed by atoms with Crippen LogP contribution in [0.5, 0.6) is 0 Å². The van der Waals surface area contributed by atoms with Crippen LogP contribution in [0.15, 0.2) is 24.3 Å². The van der Waals surface area contributed by atoms with Gasteiger partial charge in [0.15, 0.2) is 0 Å². The smallest absolute Gasteiger partial charge is 0.319 e. The summed E-state index contributed by atoms with van der Waals surface area (Å²) in [6, 6.07) is 6.93. The summed E-state index contributed by atoms with van der Waals surface area (Å²) in [4.78, 5) is 22.9. The Balaban J connectivity index is 1.97. The summed E-state index contributed by atoms with van der Waals surface area (Å²) in [7, 11) is 0. The van der Waals surface area contributed by atoms with E-state index < -0.39 is 5.97 Å². The fraction of sp³-hybridized carbons (Fsp3) is 0.500. The second kappa shape index (κ2) is 7.11. The lowest BCUT2D eigenvalue weighted by Gasteiger charge is -2.29. The van der Waals surface area contributed by atoms with E-state index >= 15 is 0 Å². The average Bonchev–Trinajstić information content (AvgIpc) is 2.43. The minimum atomic E-state index is -0.912. The van der Waals surface area contributed by atoms with Crippen LogP contribution in [0.4, 0.5) is 10.5 Å². The van der Waals surface area contributed by atoms with Gasteiger partial charge in [0.05, 0.1) is 6.42 Å². The molecule has 0 bridgehead atoms. The van der Waals surface area contributed by atoms with Gasteiger partial charge in [0.2, 0.25) is 0 Å². The number of nitrogens with one attached hydrogen (secondary N) is 2. The Labute approximate surface area is 124 Å². The van der Waals surface area contributed by atoms with E-state index in [1.165, 1.54) is 6.42 Å². The summed E-state index contributed by atoms with van der Waals surface area (Å²) in [6.07, 6.45) is 4.41. The molecule has 0 heterocycles. The molecule has 3 N–H and O–H groups in total. The fourth-order valence-electron chi connectivity index (χ4n) is 2.82. The minimum Gasteiger partial charge on any atom is -0.481 e. The van der Waals surface area contributed by atoms with Crippen molar-refractivity contribution < 1.29 is 14.7 Å². The number of rotatable bonds is 4. The van der Waals surface area contributed by atoms with E-state index in [0.29, 0.717) is 17.2 Å². The van der Waals surface area contributed by atoms with Crippen LogP contribution < -0.4 is 10.6 Å². The Morgan fingerprint density at radius 1 is 1.24 bits per heavy atom. The number of carbonyl (C=O) groups excluding carboxylic acids is 1. The van der Waals surface area contributed by atoms with Crippen molar-refractivity contribution >= 4 is 17.7 Å². The molecule has 2 amide bonds. The van der Waals surface area contributed by atoms with Crippen molar-refractivity contribution in [1.82, 2.24) is 5.32 Å². The molecule has 21 heavy (non-hydrogen) atoms. The molecular weight excluding hydrogens is 268 g/mol. The summed E-state index contributed by atoms with van der Waals surface area (Å²) < 4.78 is 0. The van der Waals surface area contributed by atoms with E-state index in [-0.39, 0.29) is 18.5 Å². The second-order valence-corrected chi connectivity index (χ2v) is 5.69. The molecule has 1 aliphatic carbocycles. The number of urea groups is 1. The summed E-state index contributed by atoms with van der Waals surface area (Å²) in [5.74, 6) is -0.427. The molecule has 1 aliphatic rings. The Morgan fingerprint density at radius 2 is 1.95 bits per heavy atom. The third kappa shape index (κ3) is 4.48. The predicted molar refractivity (Wildman–Crippen MR) is 81.4 cm³/mol. The highest BCUT2D eigenvalue weighted by Crippen LogP contribution is 2.24. The maximum absolute atomic E-state index is 12.1. The van der Waals surface area contributed by atoms with Gasteiger partial charge in [-0.05, 0) is 30.4 Å². The van der Waals surface area contributed by atoms with E-state index in [4.69, 9.17) is 5.11 Å². The number of carbonyl (C=O) groups is 2. The molecule has 2 unspecified atom stereocenters. The van der Waals surface area contributed by atoms with Crippen LogP contribution in [0, 0.1) is 5.92 Å². The largest absolute Gasteiger partial charge is 0.481 e. The van der Waals surface area contributed by atoms with Gasteiger partial charge in [-0.25, -0.2) is 4.79 Å². The van der Waals surface area contributed by atoms with Gasteiger partial charge in [-0.1, -0.05) is 38.0 Å². The average molecular weight is 290 g/mol. The Morgan fingerprint density at radius 3 is 2.67 bits per heavy atom. The molecule has 0 spiro atoms. The highest BCUT2D eigenvalue weighted by molar-refractivity contribution is 5.91. The molecule has 5 heteroatoms. The first kappa shape index (κ1) is 15.4. The number of carboxylic acids is 1. The lowest BCUT2D eigenvalue weighted by Crippen LogP contribution is -2.43. The van der Waals surface area contributed by atoms with Gasteiger partial charge in [-0.3, -0.25) is 4.79 Å². The van der Waals surface area contributed by atoms with Crippen molar-refractivity contribution in [1.29, 1.82) is 0 Å². The zero-order valence-electron chi connectivity index (χ0n) is 12.3. The number of amides is 2. The maximum atomic E-state index is 12.1. The summed E-state index contributed by atoms with van der Waals surface area (Å²) >= 11 is 0. The number of para-hydroxylation sites is 1.